The maximum atomic E-state index is 9.60. The number of hydrogen-bond acceptors (Lipinski definition) is 4. The van der Waals surface area contributed by atoms with Crippen LogP contribution in [0.15, 0.2) is 6.33 Å². The van der Waals surface area contributed by atoms with Crippen LogP contribution in [-0.2, 0) is 13.6 Å². The lowest BCUT2D eigenvalue weighted by Crippen LogP contribution is -2.36. The van der Waals surface area contributed by atoms with Crippen molar-refractivity contribution in [3.8, 4) is 0 Å². The maximum absolute atomic E-state index is 9.60. The number of aryl methyl sites for hydroxylation is 1. The predicted octanol–water partition coefficient (Wildman–Crippen LogP) is 0.0178. The van der Waals surface area contributed by atoms with Gasteiger partial charge in [-0.2, -0.15) is 5.10 Å². The Morgan fingerprint density at radius 3 is 2.64 bits per heavy atom. The Labute approximate surface area is 84.4 Å². The Bertz CT molecular complexity index is 289. The van der Waals surface area contributed by atoms with Gasteiger partial charge >= 0.3 is 0 Å². The molecule has 1 N–H and O–H groups in total. The molecule has 0 aliphatic heterocycles. The van der Waals surface area contributed by atoms with Gasteiger partial charge in [0, 0.05) is 13.6 Å². The van der Waals surface area contributed by atoms with E-state index in [-0.39, 0.29) is 0 Å². The fourth-order valence-corrected chi connectivity index (χ4v) is 1.42. The molecule has 1 aromatic heterocycles. The van der Waals surface area contributed by atoms with Gasteiger partial charge in [-0.25, -0.2) is 4.98 Å². The smallest absolute Gasteiger partial charge is 0.140 e. The highest BCUT2D eigenvalue weighted by Gasteiger charge is 2.16. The van der Waals surface area contributed by atoms with Crippen molar-refractivity contribution in [3.05, 3.63) is 12.2 Å². The first kappa shape index (κ1) is 11.1. The molecule has 1 rings (SSSR count). The maximum Gasteiger partial charge on any atom is 0.140 e. The minimum absolute atomic E-state index is 0.611. The second kappa shape index (κ2) is 4.06. The van der Waals surface area contributed by atoms with Gasteiger partial charge in [0.05, 0.1) is 12.1 Å². The molecule has 0 fully saturated rings. The molecule has 0 aliphatic rings. The van der Waals surface area contributed by atoms with Gasteiger partial charge in [0.15, 0.2) is 0 Å². The predicted molar refractivity (Wildman–Crippen MR) is 53.6 cm³/mol. The summed E-state index contributed by atoms with van der Waals surface area (Å²) in [5.41, 5.74) is -0.673. The van der Waals surface area contributed by atoms with Crippen LogP contribution >= 0.6 is 0 Å². The summed E-state index contributed by atoms with van der Waals surface area (Å²) < 4.78 is 1.74. The molecular formula is C9H18N4O. The molecule has 0 bridgehead atoms. The summed E-state index contributed by atoms with van der Waals surface area (Å²) in [5.74, 6) is 0.900. The van der Waals surface area contributed by atoms with Crippen molar-refractivity contribution in [3.63, 3.8) is 0 Å². The summed E-state index contributed by atoms with van der Waals surface area (Å²) >= 11 is 0. The van der Waals surface area contributed by atoms with Gasteiger partial charge in [-0.1, -0.05) is 0 Å². The van der Waals surface area contributed by atoms with Crippen molar-refractivity contribution in [1.82, 2.24) is 19.7 Å². The highest BCUT2D eigenvalue weighted by atomic mass is 16.3. The van der Waals surface area contributed by atoms with Crippen LogP contribution in [0.3, 0.4) is 0 Å². The molecular weight excluding hydrogens is 180 g/mol. The lowest BCUT2D eigenvalue weighted by molar-refractivity contribution is 0.0415. The van der Waals surface area contributed by atoms with E-state index in [1.165, 1.54) is 6.33 Å². The van der Waals surface area contributed by atoms with Crippen LogP contribution in [-0.4, -0.2) is 44.0 Å². The molecule has 1 aromatic rings. The first-order chi connectivity index (χ1) is 6.38. The third kappa shape index (κ3) is 3.43. The zero-order valence-corrected chi connectivity index (χ0v) is 9.23. The fourth-order valence-electron chi connectivity index (χ4n) is 1.42. The summed E-state index contributed by atoms with van der Waals surface area (Å²) in [6.45, 7) is 4.89. The Balaban J connectivity index is 2.50. The zero-order valence-electron chi connectivity index (χ0n) is 9.23. The van der Waals surface area contributed by atoms with E-state index in [2.05, 4.69) is 10.1 Å². The Hall–Kier alpha value is -0.940. The van der Waals surface area contributed by atoms with Crippen LogP contribution in [0.1, 0.15) is 19.7 Å². The summed E-state index contributed by atoms with van der Waals surface area (Å²) in [4.78, 5) is 6.13. The number of nitrogens with zero attached hydrogens (tertiary/aromatic N) is 4. The van der Waals surface area contributed by atoms with Crippen molar-refractivity contribution in [1.29, 1.82) is 0 Å². The average molecular weight is 198 g/mol. The van der Waals surface area contributed by atoms with E-state index < -0.39 is 5.60 Å². The number of rotatable bonds is 4. The number of hydrogen-bond donors (Lipinski definition) is 1. The molecule has 1 heterocycles. The number of aliphatic hydroxyl groups is 1. The summed E-state index contributed by atoms with van der Waals surface area (Å²) in [5, 5.41) is 13.6. The second-order valence-corrected chi connectivity index (χ2v) is 4.28. The van der Waals surface area contributed by atoms with Gasteiger partial charge in [0.25, 0.3) is 0 Å². The first-order valence-electron chi connectivity index (χ1n) is 4.62. The van der Waals surface area contributed by atoms with Crippen molar-refractivity contribution in [2.45, 2.75) is 26.0 Å². The van der Waals surface area contributed by atoms with E-state index in [9.17, 15) is 5.11 Å². The van der Waals surface area contributed by atoms with Crippen molar-refractivity contribution >= 4 is 0 Å². The minimum Gasteiger partial charge on any atom is -0.389 e. The quantitative estimate of drug-likeness (QED) is 0.741. The Morgan fingerprint density at radius 1 is 1.57 bits per heavy atom. The number of likely N-dealkylation sites (N-methyl/N-ethyl adjacent to an activating group) is 1. The van der Waals surface area contributed by atoms with Crippen LogP contribution in [0.5, 0.6) is 0 Å². The molecule has 0 saturated carbocycles. The largest absolute Gasteiger partial charge is 0.389 e. The van der Waals surface area contributed by atoms with Crippen LogP contribution in [0.4, 0.5) is 0 Å². The normalized spacial score (nSPS) is 12.4. The molecule has 0 aliphatic carbocycles. The van der Waals surface area contributed by atoms with Gasteiger partial charge in [-0.15, -0.1) is 0 Å². The van der Waals surface area contributed by atoms with Gasteiger partial charge in [0.1, 0.15) is 12.2 Å². The van der Waals surface area contributed by atoms with Gasteiger partial charge in [-0.05, 0) is 20.9 Å². The van der Waals surface area contributed by atoms with Gasteiger partial charge in [-0.3, -0.25) is 9.58 Å². The monoisotopic (exact) mass is 198 g/mol. The van der Waals surface area contributed by atoms with E-state index in [4.69, 9.17) is 0 Å². The van der Waals surface area contributed by atoms with Crippen LogP contribution in [0.25, 0.3) is 0 Å². The molecule has 0 aromatic carbocycles. The third-order valence-electron chi connectivity index (χ3n) is 1.87. The molecule has 0 radical (unpaired) electrons. The van der Waals surface area contributed by atoms with Crippen molar-refractivity contribution in [2.24, 2.45) is 7.05 Å². The van der Waals surface area contributed by atoms with Crippen LogP contribution < -0.4 is 0 Å². The van der Waals surface area contributed by atoms with E-state index in [0.717, 1.165) is 5.82 Å². The van der Waals surface area contributed by atoms with E-state index in [0.29, 0.717) is 13.1 Å². The number of aromatic nitrogens is 3. The fraction of sp³-hybridized carbons (Fsp3) is 0.778. The lowest BCUT2D eigenvalue weighted by atomic mass is 10.1. The molecule has 0 spiro atoms. The summed E-state index contributed by atoms with van der Waals surface area (Å²) in [6, 6.07) is 0. The van der Waals surface area contributed by atoms with Crippen LogP contribution in [0.2, 0.25) is 0 Å². The van der Waals surface area contributed by atoms with Crippen molar-refractivity contribution < 1.29 is 5.11 Å². The van der Waals surface area contributed by atoms with E-state index in [1.54, 1.807) is 18.5 Å². The molecule has 0 atom stereocenters. The molecule has 80 valence electrons. The molecule has 5 heteroatoms. The molecule has 0 saturated heterocycles. The Kier molecular flexibility index (Phi) is 3.23. The average Bonchev–Trinajstić information content (AvgIpc) is 2.32. The van der Waals surface area contributed by atoms with Crippen LogP contribution in [0, 0.1) is 0 Å². The highest BCUT2D eigenvalue weighted by Crippen LogP contribution is 2.05. The SMILES string of the molecule is CN(Cc1ncnn1C)CC(C)(C)O. The molecule has 0 unspecified atom stereocenters. The van der Waals surface area contributed by atoms with Crippen molar-refractivity contribution in [2.75, 3.05) is 13.6 Å². The highest BCUT2D eigenvalue weighted by molar-refractivity contribution is 4.84. The standard InChI is InChI=1S/C9H18N4O/c1-9(2,14)6-12(3)5-8-10-7-11-13(8)4/h7,14H,5-6H2,1-4H3. The molecule has 0 amide bonds. The van der Waals surface area contributed by atoms with Gasteiger partial charge in [0.2, 0.25) is 0 Å². The lowest BCUT2D eigenvalue weighted by Gasteiger charge is -2.24. The zero-order chi connectivity index (χ0) is 10.8. The summed E-state index contributed by atoms with van der Waals surface area (Å²) in [6.07, 6.45) is 1.53. The topological polar surface area (TPSA) is 54.2 Å². The summed E-state index contributed by atoms with van der Waals surface area (Å²) in [7, 11) is 3.81. The van der Waals surface area contributed by atoms with E-state index in [1.807, 2.05) is 19.0 Å². The first-order valence-corrected chi connectivity index (χ1v) is 4.62. The van der Waals surface area contributed by atoms with Gasteiger partial charge < -0.3 is 5.11 Å². The molecule has 5 nitrogen and oxygen atoms in total. The minimum atomic E-state index is -0.673. The molecule has 14 heavy (non-hydrogen) atoms. The van der Waals surface area contributed by atoms with E-state index >= 15 is 0 Å². The second-order valence-electron chi connectivity index (χ2n) is 4.28. The Morgan fingerprint density at radius 2 is 2.21 bits per heavy atom. The third-order valence-corrected chi connectivity index (χ3v) is 1.87.